The minimum atomic E-state index is 0.575. The zero-order chi connectivity index (χ0) is 21.8. The summed E-state index contributed by atoms with van der Waals surface area (Å²) < 4.78 is 1.41. The molecule has 2 heteroatoms. The molecule has 174 valence electrons. The average molecular weight is 497 g/mol. The van der Waals surface area contributed by atoms with Gasteiger partial charge in [0.2, 0.25) is 0 Å². The van der Waals surface area contributed by atoms with Crippen LogP contribution < -0.4 is 0 Å². The number of hydrogen-bond donors (Lipinski definition) is 0. The average Bonchev–Trinajstić information content (AvgIpc) is 2.87. The highest BCUT2D eigenvalue weighted by molar-refractivity contribution is 9.11. The molecule has 1 saturated carbocycles. The van der Waals surface area contributed by atoms with Crippen LogP contribution in [0.25, 0.3) is 0 Å². The Labute approximate surface area is 204 Å². The van der Waals surface area contributed by atoms with Gasteiger partial charge in [-0.3, -0.25) is 0 Å². The molecule has 0 saturated heterocycles. The Kier molecular flexibility index (Phi) is 7.78. The SMILES string of the molecule is BrC1=CCC(N(C2=CCC(C3=CCCCC3)C=C2)C2C=CC(C3CCCCC3)CC2)CC1. The van der Waals surface area contributed by atoms with Gasteiger partial charge < -0.3 is 4.90 Å². The van der Waals surface area contributed by atoms with Crippen molar-refractivity contribution in [3.63, 3.8) is 0 Å². The summed E-state index contributed by atoms with van der Waals surface area (Å²) in [6.07, 6.45) is 38.1. The van der Waals surface area contributed by atoms with Gasteiger partial charge in [-0.1, -0.05) is 77.2 Å². The van der Waals surface area contributed by atoms with Gasteiger partial charge in [-0.15, -0.1) is 0 Å². The van der Waals surface area contributed by atoms with Gasteiger partial charge >= 0.3 is 0 Å². The lowest BCUT2D eigenvalue weighted by Crippen LogP contribution is -2.43. The molecule has 0 aromatic heterocycles. The van der Waals surface area contributed by atoms with Gasteiger partial charge in [0.05, 0.1) is 0 Å². The van der Waals surface area contributed by atoms with E-state index in [1.54, 1.807) is 5.57 Å². The van der Waals surface area contributed by atoms with E-state index in [0.29, 0.717) is 18.0 Å². The van der Waals surface area contributed by atoms with E-state index in [1.807, 2.05) is 0 Å². The molecule has 0 spiro atoms. The number of hydrogen-bond acceptors (Lipinski definition) is 1. The first-order chi connectivity index (χ1) is 15.8. The minimum absolute atomic E-state index is 0.575. The lowest BCUT2D eigenvalue weighted by atomic mass is 9.75. The van der Waals surface area contributed by atoms with Gasteiger partial charge in [0.1, 0.15) is 0 Å². The maximum Gasteiger partial charge on any atom is 0.0476 e. The molecule has 1 fully saturated rings. The third-order valence-electron chi connectivity index (χ3n) is 8.89. The van der Waals surface area contributed by atoms with Crippen molar-refractivity contribution in [2.24, 2.45) is 17.8 Å². The van der Waals surface area contributed by atoms with Crippen LogP contribution in [0, 0.1) is 17.8 Å². The Bertz CT molecular complexity index is 794. The first kappa shape index (κ1) is 22.8. The normalized spacial score (nSPS) is 34.0. The van der Waals surface area contributed by atoms with Crippen molar-refractivity contribution in [1.82, 2.24) is 4.90 Å². The summed E-state index contributed by atoms with van der Waals surface area (Å²) in [6.45, 7) is 0. The van der Waals surface area contributed by atoms with Gasteiger partial charge in [0.25, 0.3) is 0 Å². The van der Waals surface area contributed by atoms with Crippen molar-refractivity contribution in [2.45, 2.75) is 108 Å². The highest BCUT2D eigenvalue weighted by Crippen LogP contribution is 2.40. The smallest absolute Gasteiger partial charge is 0.0476 e. The van der Waals surface area contributed by atoms with Crippen molar-refractivity contribution in [3.8, 4) is 0 Å². The van der Waals surface area contributed by atoms with E-state index >= 15 is 0 Å². The first-order valence-corrected chi connectivity index (χ1v) is 14.5. The van der Waals surface area contributed by atoms with E-state index < -0.39 is 0 Å². The van der Waals surface area contributed by atoms with Crippen LogP contribution in [0.15, 0.2) is 58.3 Å². The summed E-state index contributed by atoms with van der Waals surface area (Å²) in [7, 11) is 0. The van der Waals surface area contributed by atoms with Crippen LogP contribution >= 0.6 is 15.9 Å². The van der Waals surface area contributed by atoms with Crippen LogP contribution in [0.2, 0.25) is 0 Å². The van der Waals surface area contributed by atoms with Crippen LogP contribution in [0.3, 0.4) is 0 Å². The van der Waals surface area contributed by atoms with Gasteiger partial charge in [-0.2, -0.15) is 0 Å². The monoisotopic (exact) mass is 495 g/mol. The second-order valence-electron chi connectivity index (χ2n) is 10.9. The van der Waals surface area contributed by atoms with Crippen molar-refractivity contribution in [2.75, 3.05) is 0 Å². The molecule has 1 nitrogen and oxygen atoms in total. The Morgan fingerprint density at radius 2 is 1.66 bits per heavy atom. The van der Waals surface area contributed by atoms with Crippen LogP contribution in [0.1, 0.15) is 96.3 Å². The lowest BCUT2D eigenvalue weighted by molar-refractivity contribution is 0.172. The summed E-state index contributed by atoms with van der Waals surface area (Å²) in [6, 6.07) is 1.21. The van der Waals surface area contributed by atoms with Crippen LogP contribution in [0.5, 0.6) is 0 Å². The fourth-order valence-corrected chi connectivity index (χ4v) is 7.42. The fourth-order valence-electron chi connectivity index (χ4n) is 7.00. The summed E-state index contributed by atoms with van der Waals surface area (Å²) in [5.74, 6) is 2.45. The molecule has 4 unspecified atom stereocenters. The van der Waals surface area contributed by atoms with Crippen LogP contribution in [-0.4, -0.2) is 17.0 Å². The van der Waals surface area contributed by atoms with Crippen molar-refractivity contribution < 1.29 is 0 Å². The van der Waals surface area contributed by atoms with Crippen molar-refractivity contribution in [3.05, 3.63) is 58.3 Å². The molecule has 0 aromatic carbocycles. The number of halogens is 1. The number of rotatable bonds is 5. The Morgan fingerprint density at radius 1 is 0.750 bits per heavy atom. The number of nitrogens with zero attached hydrogens (tertiary/aromatic N) is 1. The molecule has 0 aromatic rings. The van der Waals surface area contributed by atoms with E-state index in [4.69, 9.17) is 0 Å². The molecule has 0 amide bonds. The molecule has 32 heavy (non-hydrogen) atoms. The molecule has 0 aliphatic heterocycles. The molecule has 0 heterocycles. The quantitative estimate of drug-likeness (QED) is 0.343. The summed E-state index contributed by atoms with van der Waals surface area (Å²) >= 11 is 3.75. The Hall–Kier alpha value is -1.02. The second kappa shape index (κ2) is 10.9. The maximum absolute atomic E-state index is 3.75. The van der Waals surface area contributed by atoms with Gasteiger partial charge in [0.15, 0.2) is 0 Å². The standard InChI is InChI=1S/C30H42BrN/c31-27-15-21-30(22-16-27)32(28-17-11-25(12-18-28)23-7-3-1-4-8-23)29-19-13-26(14-20-29)24-9-5-2-6-10-24/h7,11,13,15,17-19,24-26,29-30H,1-6,8-10,12,14,16,20-22H2. The van der Waals surface area contributed by atoms with E-state index in [9.17, 15) is 0 Å². The van der Waals surface area contributed by atoms with Crippen molar-refractivity contribution >= 4 is 15.9 Å². The predicted molar refractivity (Wildman–Crippen MR) is 141 cm³/mol. The third-order valence-corrected chi connectivity index (χ3v) is 9.61. The van der Waals surface area contributed by atoms with Crippen LogP contribution in [0.4, 0.5) is 0 Å². The summed E-state index contributed by atoms with van der Waals surface area (Å²) in [4.78, 5) is 2.82. The van der Waals surface area contributed by atoms with E-state index in [-0.39, 0.29) is 0 Å². The zero-order valence-corrected chi connectivity index (χ0v) is 21.4. The lowest BCUT2D eigenvalue weighted by Gasteiger charge is -2.44. The van der Waals surface area contributed by atoms with Gasteiger partial charge in [-0.25, -0.2) is 0 Å². The maximum atomic E-state index is 3.75. The topological polar surface area (TPSA) is 3.24 Å². The highest BCUT2D eigenvalue weighted by atomic mass is 79.9. The minimum Gasteiger partial charge on any atom is -0.362 e. The Balaban J connectivity index is 1.31. The molecule has 5 aliphatic carbocycles. The van der Waals surface area contributed by atoms with E-state index in [1.165, 1.54) is 106 Å². The predicted octanol–water partition coefficient (Wildman–Crippen LogP) is 9.00. The number of allylic oxidation sites excluding steroid dienone is 7. The first-order valence-electron chi connectivity index (χ1n) is 13.7. The molecule has 0 radical (unpaired) electrons. The van der Waals surface area contributed by atoms with Crippen LogP contribution in [-0.2, 0) is 0 Å². The molecule has 0 bridgehead atoms. The molecular formula is C30H42BrN. The molecule has 4 atom stereocenters. The second-order valence-corrected chi connectivity index (χ2v) is 12.0. The van der Waals surface area contributed by atoms with E-state index in [0.717, 1.165) is 11.8 Å². The fraction of sp³-hybridized carbons (Fsp3) is 0.667. The molecular weight excluding hydrogens is 454 g/mol. The summed E-state index contributed by atoms with van der Waals surface area (Å²) in [5, 5.41) is 0. The van der Waals surface area contributed by atoms with Gasteiger partial charge in [0, 0.05) is 23.7 Å². The molecule has 0 N–H and O–H groups in total. The van der Waals surface area contributed by atoms with E-state index in [2.05, 4.69) is 63.4 Å². The molecule has 5 aliphatic rings. The van der Waals surface area contributed by atoms with Crippen molar-refractivity contribution in [1.29, 1.82) is 0 Å². The largest absolute Gasteiger partial charge is 0.362 e. The molecule has 5 rings (SSSR count). The zero-order valence-electron chi connectivity index (χ0n) is 19.9. The highest BCUT2D eigenvalue weighted by Gasteiger charge is 2.32. The van der Waals surface area contributed by atoms with Gasteiger partial charge in [-0.05, 0) is 99.4 Å². The summed E-state index contributed by atoms with van der Waals surface area (Å²) in [5.41, 5.74) is 3.20. The third kappa shape index (κ3) is 5.37. The Morgan fingerprint density at radius 3 is 2.31 bits per heavy atom.